The van der Waals surface area contributed by atoms with Crippen molar-refractivity contribution in [3.63, 3.8) is 0 Å². The van der Waals surface area contributed by atoms with Crippen molar-refractivity contribution < 1.29 is 25.4 Å². The molecule has 0 aliphatic carbocycles. The van der Waals surface area contributed by atoms with Crippen LogP contribution in [-0.2, 0) is 8.67 Å². The second kappa shape index (κ2) is 6.28. The van der Waals surface area contributed by atoms with E-state index in [2.05, 4.69) is 4.74 Å². The van der Waals surface area contributed by atoms with E-state index in [1.807, 2.05) is 0 Å². The van der Waals surface area contributed by atoms with Crippen LogP contribution in [0.5, 0.6) is 5.75 Å². The topological polar surface area (TPSA) is 18.5 Å². The molecule has 25 heavy (non-hydrogen) atoms. The quantitative estimate of drug-likeness (QED) is 0.279. The number of rotatable bonds is 4. The summed E-state index contributed by atoms with van der Waals surface area (Å²) >= 11 is 1.62. The van der Waals surface area contributed by atoms with E-state index < -0.39 is 41.6 Å². The predicted octanol–water partition coefficient (Wildman–Crippen LogP) is 6.46. The number of halogens is 6. The molecule has 0 fully saturated rings. The van der Waals surface area contributed by atoms with Gasteiger partial charge < -0.3 is 0 Å². The molecule has 0 unspecified atom stereocenters. The molecule has 136 valence electrons. The summed E-state index contributed by atoms with van der Waals surface area (Å²) in [5.41, 5.74) is -0.525. The van der Waals surface area contributed by atoms with Crippen LogP contribution in [-0.4, -0.2) is 10.0 Å². The molecule has 1 heterocycles. The van der Waals surface area contributed by atoms with Gasteiger partial charge in [0.25, 0.3) is 0 Å². The first-order valence-electron chi connectivity index (χ1n) is 7.24. The maximum absolute atomic E-state index is 14.7. The molecule has 8 heteroatoms. The Hall–Kier alpha value is -1.06. The molecule has 2 nitrogen and oxygen atoms in total. The third kappa shape index (κ3) is 3.33. The molecule has 0 saturated carbocycles. The van der Waals surface area contributed by atoms with Gasteiger partial charge in [0, 0.05) is 0 Å². The number of benzene rings is 2. The van der Waals surface area contributed by atoms with E-state index >= 15 is 0 Å². The maximum atomic E-state index is 14.7. The van der Waals surface area contributed by atoms with E-state index in [0.717, 1.165) is 12.1 Å². The average Bonchev–Trinajstić information content (AvgIpc) is 2.82. The minimum absolute atomic E-state index is 0.182. The van der Waals surface area contributed by atoms with Crippen molar-refractivity contribution in [3.8, 4) is 5.75 Å². The Morgan fingerprint density at radius 2 is 1.60 bits per heavy atom. The Labute approximate surface area is 155 Å². The van der Waals surface area contributed by atoms with Gasteiger partial charge in [-0.15, -0.1) is 0 Å². The molecule has 0 N–H and O–H groups in total. The Balaban J connectivity index is 1.94. The van der Waals surface area contributed by atoms with Gasteiger partial charge in [-0.2, -0.15) is 0 Å². The van der Waals surface area contributed by atoms with Crippen molar-refractivity contribution in [3.05, 3.63) is 62.7 Å². The molecular formula is C17H14ClF4IO2. The molecule has 0 aromatic heterocycles. The number of hydrogen-bond acceptors (Lipinski definition) is 2. The van der Waals surface area contributed by atoms with Crippen LogP contribution >= 0.6 is 31.8 Å². The summed E-state index contributed by atoms with van der Waals surface area (Å²) in [6.45, 7) is 3.19. The van der Waals surface area contributed by atoms with Gasteiger partial charge in [-0.1, -0.05) is 0 Å². The summed E-state index contributed by atoms with van der Waals surface area (Å²) in [6, 6.07) is 11.1. The van der Waals surface area contributed by atoms with Gasteiger partial charge in [0.2, 0.25) is 0 Å². The fourth-order valence-electron chi connectivity index (χ4n) is 2.36. The minimum atomic E-state index is -4.71. The summed E-state index contributed by atoms with van der Waals surface area (Å²) in [4.78, 5) is 0. The average molecular weight is 489 g/mol. The molecule has 0 spiro atoms. The number of hydrogen-bond donors (Lipinski definition) is 0. The zero-order chi connectivity index (χ0) is 18.5. The summed E-state index contributed by atoms with van der Waals surface area (Å²) in [5, 5.41) is 0.285. The van der Waals surface area contributed by atoms with Crippen LogP contribution in [0.3, 0.4) is 0 Å². The monoisotopic (exact) mass is 488 g/mol. The van der Waals surface area contributed by atoms with E-state index in [0.29, 0.717) is 5.56 Å². The van der Waals surface area contributed by atoms with Crippen LogP contribution in [0.2, 0.25) is 5.02 Å². The number of alkyl halides is 5. The van der Waals surface area contributed by atoms with Crippen LogP contribution in [0, 0.1) is 3.57 Å². The van der Waals surface area contributed by atoms with Crippen molar-refractivity contribution in [2.75, 3.05) is 0 Å². The third-order valence-electron chi connectivity index (χ3n) is 3.58. The normalized spacial score (nSPS) is 18.1. The summed E-state index contributed by atoms with van der Waals surface area (Å²) in [6.07, 6.45) is -4.71. The molecule has 2 aromatic rings. The van der Waals surface area contributed by atoms with Crippen LogP contribution in [0.15, 0.2) is 48.5 Å². The second-order valence-corrected chi connectivity index (χ2v) is 10.7. The van der Waals surface area contributed by atoms with Crippen LogP contribution in [0.4, 0.5) is 17.6 Å². The van der Waals surface area contributed by atoms with Gasteiger partial charge in [0.05, 0.1) is 0 Å². The second-order valence-electron chi connectivity index (χ2n) is 5.89. The Bertz CT molecular complexity index is 780. The molecule has 0 saturated heterocycles. The third-order valence-corrected chi connectivity index (χ3v) is 9.23. The summed E-state index contributed by atoms with van der Waals surface area (Å²) in [5.74, 6) is -0.392. The molecule has 0 radical (unpaired) electrons. The van der Waals surface area contributed by atoms with Crippen molar-refractivity contribution in [1.29, 1.82) is 0 Å². The molecule has 1 aliphatic rings. The fraction of sp³-hybridized carbons (Fsp3) is 0.294. The van der Waals surface area contributed by atoms with E-state index in [1.54, 1.807) is 32.0 Å². The van der Waals surface area contributed by atoms with Crippen molar-refractivity contribution in [1.82, 2.24) is 0 Å². The molecule has 1 aliphatic heterocycles. The van der Waals surface area contributed by atoms with Crippen LogP contribution in [0.25, 0.3) is 0 Å². The number of ether oxygens (including phenoxy) is 1. The van der Waals surface area contributed by atoms with Gasteiger partial charge in [-0.3, -0.25) is 0 Å². The van der Waals surface area contributed by atoms with E-state index in [9.17, 15) is 17.6 Å². The zero-order valence-electron chi connectivity index (χ0n) is 13.2. The molecule has 0 bridgehead atoms. The van der Waals surface area contributed by atoms with E-state index in [4.69, 9.17) is 14.7 Å². The predicted molar refractivity (Wildman–Crippen MR) is 95.2 cm³/mol. The van der Waals surface area contributed by atoms with Crippen molar-refractivity contribution >= 4 is 31.8 Å². The summed E-state index contributed by atoms with van der Waals surface area (Å²) in [7, 11) is 0. The molecule has 2 aromatic carbocycles. The Kier molecular flexibility index (Phi) is 4.70. The van der Waals surface area contributed by atoms with E-state index in [-0.39, 0.29) is 8.59 Å². The zero-order valence-corrected chi connectivity index (χ0v) is 16.1. The Morgan fingerprint density at radius 1 is 1.00 bits per heavy atom. The first kappa shape index (κ1) is 18.7. The van der Waals surface area contributed by atoms with Crippen molar-refractivity contribution in [2.45, 2.75) is 29.5 Å². The first-order valence-corrected chi connectivity index (χ1v) is 10.7. The molecule has 0 atom stereocenters. The first-order chi connectivity index (χ1) is 11.5. The van der Waals surface area contributed by atoms with Gasteiger partial charge in [-0.05, 0) is 0 Å². The van der Waals surface area contributed by atoms with Crippen LogP contribution in [0.1, 0.15) is 19.4 Å². The van der Waals surface area contributed by atoms with Gasteiger partial charge in [-0.25, -0.2) is 0 Å². The fourth-order valence-corrected chi connectivity index (χ4v) is 7.64. The standard InChI is InChI=1S/C17H14ClF4IO2/c1-15(2)13-5-3-4-6-14(13)23(25-15)16(19,20)17(21,22)24-12-9-7-11(18)8-10-12/h3-10H,1-2H3. The van der Waals surface area contributed by atoms with Crippen molar-refractivity contribution in [2.24, 2.45) is 0 Å². The number of fused-ring (bicyclic) bond motifs is 1. The van der Waals surface area contributed by atoms with Gasteiger partial charge in [0.15, 0.2) is 0 Å². The van der Waals surface area contributed by atoms with Crippen LogP contribution < -0.4 is 4.74 Å². The molecule has 3 rings (SSSR count). The molecule has 0 amide bonds. The van der Waals surface area contributed by atoms with Gasteiger partial charge >= 0.3 is 155 Å². The molecular weight excluding hydrogens is 475 g/mol. The van der Waals surface area contributed by atoms with E-state index in [1.165, 1.54) is 18.2 Å². The summed E-state index contributed by atoms with van der Waals surface area (Å²) < 4.78 is 63.7. The van der Waals surface area contributed by atoms with Gasteiger partial charge in [0.1, 0.15) is 0 Å². The SMILES string of the molecule is CC1(C)OI(C(F)(F)C(F)(F)Oc2ccc(Cl)cc2)c2ccccc21. The Morgan fingerprint density at radius 3 is 2.24 bits per heavy atom.